The smallest absolute Gasteiger partial charge is 0.314 e. The quantitative estimate of drug-likeness (QED) is 0.723. The van der Waals surface area contributed by atoms with Gasteiger partial charge in [-0.1, -0.05) is 30.3 Å². The molecule has 2 saturated carbocycles. The van der Waals surface area contributed by atoms with Gasteiger partial charge in [-0.3, -0.25) is 0 Å². The van der Waals surface area contributed by atoms with E-state index in [9.17, 15) is 9.90 Å². The number of amides is 2. The van der Waals surface area contributed by atoms with Crippen molar-refractivity contribution in [2.24, 2.45) is 5.41 Å². The Morgan fingerprint density at radius 2 is 1.83 bits per heavy atom. The molecule has 126 valence electrons. The van der Waals surface area contributed by atoms with Crippen molar-refractivity contribution >= 4 is 6.03 Å². The second-order valence-electron chi connectivity index (χ2n) is 6.95. The first-order valence-corrected chi connectivity index (χ1v) is 8.39. The molecule has 0 bridgehead atoms. The van der Waals surface area contributed by atoms with E-state index in [1.807, 2.05) is 30.3 Å². The van der Waals surface area contributed by atoms with E-state index in [4.69, 9.17) is 4.74 Å². The number of rotatable bonds is 7. The molecule has 0 spiro atoms. The van der Waals surface area contributed by atoms with Gasteiger partial charge >= 0.3 is 6.03 Å². The Kier molecular flexibility index (Phi) is 4.60. The molecular formula is C18H26N2O3. The SMILES string of the molecule is COC1(CNC(=O)NCC2(C(O)c3ccccc3)CC2)CCC1. The van der Waals surface area contributed by atoms with Crippen LogP contribution in [-0.2, 0) is 4.74 Å². The summed E-state index contributed by atoms with van der Waals surface area (Å²) in [4.78, 5) is 12.0. The zero-order valence-electron chi connectivity index (χ0n) is 13.7. The number of ether oxygens (including phenoxy) is 1. The van der Waals surface area contributed by atoms with E-state index in [0.29, 0.717) is 13.1 Å². The molecule has 3 N–H and O–H groups in total. The topological polar surface area (TPSA) is 70.6 Å². The molecule has 2 amide bonds. The van der Waals surface area contributed by atoms with Crippen LogP contribution in [0.25, 0.3) is 0 Å². The second kappa shape index (κ2) is 6.49. The molecule has 1 aromatic carbocycles. The molecule has 0 heterocycles. The first kappa shape index (κ1) is 16.3. The van der Waals surface area contributed by atoms with Crippen LogP contribution >= 0.6 is 0 Å². The fourth-order valence-corrected chi connectivity index (χ4v) is 3.28. The van der Waals surface area contributed by atoms with Crippen molar-refractivity contribution < 1.29 is 14.6 Å². The van der Waals surface area contributed by atoms with E-state index in [-0.39, 0.29) is 17.0 Å². The van der Waals surface area contributed by atoms with E-state index in [0.717, 1.165) is 37.7 Å². The number of carbonyl (C=O) groups excluding carboxylic acids is 1. The van der Waals surface area contributed by atoms with Crippen molar-refractivity contribution in [2.75, 3.05) is 20.2 Å². The van der Waals surface area contributed by atoms with Crippen LogP contribution in [0.3, 0.4) is 0 Å². The lowest BCUT2D eigenvalue weighted by Crippen LogP contribution is -2.52. The molecule has 1 atom stereocenters. The number of benzene rings is 1. The molecule has 2 aliphatic carbocycles. The molecule has 3 rings (SSSR count). The number of urea groups is 1. The molecule has 5 heteroatoms. The van der Waals surface area contributed by atoms with Gasteiger partial charge in [0, 0.05) is 25.6 Å². The summed E-state index contributed by atoms with van der Waals surface area (Å²) < 4.78 is 5.50. The average molecular weight is 318 g/mol. The van der Waals surface area contributed by atoms with Crippen molar-refractivity contribution in [3.05, 3.63) is 35.9 Å². The molecule has 1 aromatic rings. The minimum absolute atomic E-state index is 0.168. The molecule has 2 fully saturated rings. The van der Waals surface area contributed by atoms with Crippen LogP contribution in [0.1, 0.15) is 43.8 Å². The maximum Gasteiger partial charge on any atom is 0.314 e. The van der Waals surface area contributed by atoms with E-state index in [1.54, 1.807) is 7.11 Å². The van der Waals surface area contributed by atoms with Crippen molar-refractivity contribution in [2.45, 2.75) is 43.8 Å². The van der Waals surface area contributed by atoms with E-state index in [2.05, 4.69) is 10.6 Å². The summed E-state index contributed by atoms with van der Waals surface area (Å²) in [5, 5.41) is 16.4. The third kappa shape index (κ3) is 3.51. The van der Waals surface area contributed by atoms with Crippen LogP contribution < -0.4 is 10.6 Å². The lowest BCUT2D eigenvalue weighted by molar-refractivity contribution is -0.0674. The predicted molar refractivity (Wildman–Crippen MR) is 88.1 cm³/mol. The molecule has 5 nitrogen and oxygen atoms in total. The highest BCUT2D eigenvalue weighted by Crippen LogP contribution is 2.54. The van der Waals surface area contributed by atoms with Crippen LogP contribution in [0.2, 0.25) is 0 Å². The normalized spacial score (nSPS) is 21.8. The summed E-state index contributed by atoms with van der Waals surface area (Å²) in [6.07, 6.45) is 4.50. The number of carbonyl (C=O) groups is 1. The summed E-state index contributed by atoms with van der Waals surface area (Å²) in [5.74, 6) is 0. The van der Waals surface area contributed by atoms with Crippen LogP contribution in [-0.4, -0.2) is 36.9 Å². The Balaban J connectivity index is 1.47. The molecular weight excluding hydrogens is 292 g/mol. The Labute approximate surface area is 137 Å². The fraction of sp³-hybridized carbons (Fsp3) is 0.611. The standard InChI is InChI=1S/C18H26N2O3/c1-23-18(8-5-9-18)13-20-16(22)19-12-17(10-11-17)15(21)14-6-3-2-4-7-14/h2-4,6-7,15,21H,5,8-13H2,1H3,(H2,19,20,22). The third-order valence-corrected chi connectivity index (χ3v) is 5.46. The van der Waals surface area contributed by atoms with Crippen molar-refractivity contribution in [1.82, 2.24) is 10.6 Å². The third-order valence-electron chi connectivity index (χ3n) is 5.46. The van der Waals surface area contributed by atoms with Gasteiger partial charge in [0.1, 0.15) is 0 Å². The van der Waals surface area contributed by atoms with Crippen LogP contribution in [0, 0.1) is 5.41 Å². The summed E-state index contributed by atoms with van der Waals surface area (Å²) in [6.45, 7) is 1.04. The van der Waals surface area contributed by atoms with Gasteiger partial charge in [0.05, 0.1) is 11.7 Å². The lowest BCUT2D eigenvalue weighted by Gasteiger charge is -2.40. The van der Waals surface area contributed by atoms with Gasteiger partial charge in [-0.25, -0.2) is 4.79 Å². The monoisotopic (exact) mass is 318 g/mol. The maximum atomic E-state index is 12.0. The zero-order chi connectivity index (χ0) is 16.3. The average Bonchev–Trinajstić information content (AvgIpc) is 3.34. The number of methoxy groups -OCH3 is 1. The summed E-state index contributed by atoms with van der Waals surface area (Å²) in [6, 6.07) is 9.48. The molecule has 0 saturated heterocycles. The fourth-order valence-electron chi connectivity index (χ4n) is 3.28. The molecule has 0 aromatic heterocycles. The van der Waals surface area contributed by atoms with Gasteiger partial charge in [-0.15, -0.1) is 0 Å². The number of hydrogen-bond donors (Lipinski definition) is 3. The highest BCUT2D eigenvalue weighted by molar-refractivity contribution is 5.74. The molecule has 0 radical (unpaired) electrons. The van der Waals surface area contributed by atoms with Gasteiger partial charge in [0.2, 0.25) is 0 Å². The van der Waals surface area contributed by atoms with Crippen molar-refractivity contribution in [1.29, 1.82) is 0 Å². The Morgan fingerprint density at radius 1 is 1.17 bits per heavy atom. The van der Waals surface area contributed by atoms with Gasteiger partial charge in [-0.2, -0.15) is 0 Å². The summed E-state index contributed by atoms with van der Waals surface area (Å²) >= 11 is 0. The predicted octanol–water partition coefficient (Wildman–Crippen LogP) is 2.37. The molecule has 2 aliphatic rings. The van der Waals surface area contributed by atoms with Gasteiger partial charge < -0.3 is 20.5 Å². The first-order chi connectivity index (χ1) is 11.1. The van der Waals surface area contributed by atoms with Gasteiger partial charge in [0.25, 0.3) is 0 Å². The Hall–Kier alpha value is -1.59. The van der Waals surface area contributed by atoms with Crippen LogP contribution in [0.5, 0.6) is 0 Å². The molecule has 1 unspecified atom stereocenters. The second-order valence-corrected chi connectivity index (χ2v) is 6.95. The highest BCUT2D eigenvalue weighted by atomic mass is 16.5. The number of hydrogen-bond acceptors (Lipinski definition) is 3. The first-order valence-electron chi connectivity index (χ1n) is 8.39. The minimum atomic E-state index is -0.527. The van der Waals surface area contributed by atoms with E-state index < -0.39 is 6.10 Å². The summed E-state index contributed by atoms with van der Waals surface area (Å²) in [5.41, 5.74) is 0.534. The van der Waals surface area contributed by atoms with Crippen molar-refractivity contribution in [3.63, 3.8) is 0 Å². The van der Waals surface area contributed by atoms with Gasteiger partial charge in [0.15, 0.2) is 0 Å². The largest absolute Gasteiger partial charge is 0.388 e. The van der Waals surface area contributed by atoms with E-state index in [1.165, 1.54) is 0 Å². The molecule has 23 heavy (non-hydrogen) atoms. The van der Waals surface area contributed by atoms with Crippen molar-refractivity contribution in [3.8, 4) is 0 Å². The summed E-state index contributed by atoms with van der Waals surface area (Å²) in [7, 11) is 1.70. The number of aliphatic hydroxyl groups excluding tert-OH is 1. The lowest BCUT2D eigenvalue weighted by atomic mass is 9.80. The molecule has 0 aliphatic heterocycles. The minimum Gasteiger partial charge on any atom is -0.388 e. The number of nitrogens with one attached hydrogen (secondary N) is 2. The van der Waals surface area contributed by atoms with E-state index >= 15 is 0 Å². The Morgan fingerprint density at radius 3 is 2.35 bits per heavy atom. The maximum absolute atomic E-state index is 12.0. The Bertz CT molecular complexity index is 533. The van der Waals surface area contributed by atoms with Gasteiger partial charge in [-0.05, 0) is 37.7 Å². The zero-order valence-corrected chi connectivity index (χ0v) is 13.7. The van der Waals surface area contributed by atoms with Crippen LogP contribution in [0.4, 0.5) is 4.79 Å². The number of aliphatic hydroxyl groups is 1. The van der Waals surface area contributed by atoms with Crippen LogP contribution in [0.15, 0.2) is 30.3 Å². The highest BCUT2D eigenvalue weighted by Gasteiger charge is 2.49.